The minimum absolute atomic E-state index is 0.222. The van der Waals surface area contributed by atoms with Crippen LogP contribution in [0, 0.1) is 5.92 Å². The molecule has 1 rings (SSSR count). The molecule has 78 valence electrons. The van der Waals surface area contributed by atoms with Crippen LogP contribution in [0.15, 0.2) is 35.2 Å². The highest BCUT2D eigenvalue weighted by atomic mass is 32.2. The van der Waals surface area contributed by atoms with Gasteiger partial charge in [-0.2, -0.15) is 0 Å². The van der Waals surface area contributed by atoms with Gasteiger partial charge in [-0.25, -0.2) is 8.42 Å². The van der Waals surface area contributed by atoms with Crippen molar-refractivity contribution in [3.63, 3.8) is 0 Å². The van der Waals surface area contributed by atoms with Gasteiger partial charge in [-0.15, -0.1) is 0 Å². The fourth-order valence-corrected chi connectivity index (χ4v) is 2.97. The zero-order valence-electron chi connectivity index (χ0n) is 8.60. The molecule has 0 saturated heterocycles. The van der Waals surface area contributed by atoms with Gasteiger partial charge in [0.25, 0.3) is 0 Å². The Balaban J connectivity index is 2.87. The van der Waals surface area contributed by atoms with Crippen molar-refractivity contribution >= 4 is 9.84 Å². The van der Waals surface area contributed by atoms with Crippen LogP contribution in [0.3, 0.4) is 0 Å². The van der Waals surface area contributed by atoms with Gasteiger partial charge in [-0.1, -0.05) is 38.5 Å². The summed E-state index contributed by atoms with van der Waals surface area (Å²) in [6.45, 7) is 3.96. The first kappa shape index (κ1) is 11.2. The fourth-order valence-electron chi connectivity index (χ4n) is 1.22. The molecule has 0 heterocycles. The molecule has 3 heteroatoms. The Morgan fingerprint density at radius 1 is 1.21 bits per heavy atom. The van der Waals surface area contributed by atoms with Gasteiger partial charge in [0.1, 0.15) is 0 Å². The van der Waals surface area contributed by atoms with Gasteiger partial charge in [-0.05, 0) is 18.1 Å². The first-order valence-corrected chi connectivity index (χ1v) is 6.49. The second-order valence-corrected chi connectivity index (χ2v) is 5.64. The second kappa shape index (κ2) is 4.60. The van der Waals surface area contributed by atoms with Crippen LogP contribution in [-0.4, -0.2) is 14.2 Å². The van der Waals surface area contributed by atoms with E-state index in [2.05, 4.69) is 0 Å². The van der Waals surface area contributed by atoms with Crippen LogP contribution in [0.25, 0.3) is 0 Å². The highest BCUT2D eigenvalue weighted by Gasteiger charge is 2.16. The summed E-state index contributed by atoms with van der Waals surface area (Å²) in [5.41, 5.74) is 0. The summed E-state index contributed by atoms with van der Waals surface area (Å²) in [5.74, 6) is 0.466. The first-order valence-electron chi connectivity index (χ1n) is 4.84. The predicted octanol–water partition coefficient (Wildman–Crippen LogP) is 2.51. The third kappa shape index (κ3) is 2.84. The van der Waals surface area contributed by atoms with E-state index >= 15 is 0 Å². The number of benzene rings is 1. The molecule has 14 heavy (non-hydrogen) atoms. The van der Waals surface area contributed by atoms with Crippen molar-refractivity contribution in [1.29, 1.82) is 0 Å². The van der Waals surface area contributed by atoms with Crippen molar-refractivity contribution in [2.75, 3.05) is 5.75 Å². The molecule has 0 aromatic heterocycles. The molecule has 0 spiro atoms. The van der Waals surface area contributed by atoms with Crippen molar-refractivity contribution in [2.45, 2.75) is 25.2 Å². The maximum Gasteiger partial charge on any atom is 0.178 e. The highest BCUT2D eigenvalue weighted by molar-refractivity contribution is 7.91. The van der Waals surface area contributed by atoms with Crippen LogP contribution < -0.4 is 0 Å². The summed E-state index contributed by atoms with van der Waals surface area (Å²) in [5, 5.41) is 0. The van der Waals surface area contributed by atoms with Crippen molar-refractivity contribution in [3.05, 3.63) is 30.3 Å². The average molecular weight is 212 g/mol. The SMILES string of the molecule is CC[C@H](C)CS(=O)(=O)c1ccccc1. The quantitative estimate of drug-likeness (QED) is 0.768. The van der Waals surface area contributed by atoms with E-state index in [0.29, 0.717) is 4.90 Å². The zero-order chi connectivity index (χ0) is 10.6. The van der Waals surface area contributed by atoms with E-state index in [-0.39, 0.29) is 11.7 Å². The summed E-state index contributed by atoms with van der Waals surface area (Å²) < 4.78 is 23.6. The van der Waals surface area contributed by atoms with Gasteiger partial charge in [-0.3, -0.25) is 0 Å². The topological polar surface area (TPSA) is 34.1 Å². The Labute approximate surface area is 85.9 Å². The molecule has 0 aliphatic carbocycles. The Morgan fingerprint density at radius 3 is 2.29 bits per heavy atom. The maximum absolute atomic E-state index is 11.8. The van der Waals surface area contributed by atoms with E-state index < -0.39 is 9.84 Å². The Morgan fingerprint density at radius 2 is 1.79 bits per heavy atom. The van der Waals surface area contributed by atoms with E-state index in [4.69, 9.17) is 0 Å². The van der Waals surface area contributed by atoms with E-state index in [1.807, 2.05) is 19.9 Å². The summed E-state index contributed by atoms with van der Waals surface area (Å²) in [6.07, 6.45) is 0.895. The summed E-state index contributed by atoms with van der Waals surface area (Å²) in [4.78, 5) is 0.431. The molecular formula is C11H16O2S. The molecule has 2 nitrogen and oxygen atoms in total. The number of hydrogen-bond acceptors (Lipinski definition) is 2. The van der Waals surface area contributed by atoms with Crippen LogP contribution in [0.5, 0.6) is 0 Å². The Hall–Kier alpha value is -0.830. The van der Waals surface area contributed by atoms with Crippen LogP contribution >= 0.6 is 0 Å². The van der Waals surface area contributed by atoms with Gasteiger partial charge in [0.2, 0.25) is 0 Å². The van der Waals surface area contributed by atoms with Crippen molar-refractivity contribution < 1.29 is 8.42 Å². The number of rotatable bonds is 4. The number of sulfone groups is 1. The lowest BCUT2D eigenvalue weighted by molar-refractivity contribution is 0.564. The van der Waals surface area contributed by atoms with E-state index in [1.54, 1.807) is 24.3 Å². The highest BCUT2D eigenvalue weighted by Crippen LogP contribution is 2.14. The van der Waals surface area contributed by atoms with E-state index in [0.717, 1.165) is 6.42 Å². The fraction of sp³-hybridized carbons (Fsp3) is 0.455. The molecule has 0 unspecified atom stereocenters. The molecule has 1 aromatic carbocycles. The Kier molecular flexibility index (Phi) is 3.69. The third-order valence-electron chi connectivity index (χ3n) is 2.30. The van der Waals surface area contributed by atoms with E-state index in [1.165, 1.54) is 0 Å². The predicted molar refractivity (Wildman–Crippen MR) is 57.9 cm³/mol. The van der Waals surface area contributed by atoms with Gasteiger partial charge in [0, 0.05) is 0 Å². The normalized spacial score (nSPS) is 13.9. The molecule has 0 N–H and O–H groups in total. The average Bonchev–Trinajstić information content (AvgIpc) is 2.18. The molecule has 0 aliphatic rings. The monoisotopic (exact) mass is 212 g/mol. The van der Waals surface area contributed by atoms with Crippen molar-refractivity contribution in [2.24, 2.45) is 5.92 Å². The minimum atomic E-state index is -3.07. The van der Waals surface area contributed by atoms with Crippen LogP contribution in [0.4, 0.5) is 0 Å². The largest absolute Gasteiger partial charge is 0.224 e. The lowest BCUT2D eigenvalue weighted by atomic mass is 10.2. The van der Waals surface area contributed by atoms with Crippen LogP contribution in [0.2, 0.25) is 0 Å². The minimum Gasteiger partial charge on any atom is -0.224 e. The molecule has 1 atom stereocenters. The summed E-state index contributed by atoms with van der Waals surface area (Å²) >= 11 is 0. The third-order valence-corrected chi connectivity index (χ3v) is 4.30. The van der Waals surface area contributed by atoms with Crippen molar-refractivity contribution in [3.8, 4) is 0 Å². The lowest BCUT2D eigenvalue weighted by Gasteiger charge is -2.08. The molecule has 0 amide bonds. The molecular weight excluding hydrogens is 196 g/mol. The standard InChI is InChI=1S/C11H16O2S/c1-3-10(2)9-14(12,13)11-7-5-4-6-8-11/h4-8,10H,3,9H2,1-2H3/t10-/m0/s1. The molecule has 0 saturated carbocycles. The molecule has 1 aromatic rings. The van der Waals surface area contributed by atoms with Gasteiger partial charge < -0.3 is 0 Å². The van der Waals surface area contributed by atoms with E-state index in [9.17, 15) is 8.42 Å². The maximum atomic E-state index is 11.8. The molecule has 0 radical (unpaired) electrons. The smallest absolute Gasteiger partial charge is 0.178 e. The summed E-state index contributed by atoms with van der Waals surface area (Å²) in [6, 6.07) is 8.63. The van der Waals surface area contributed by atoms with Crippen LogP contribution in [0.1, 0.15) is 20.3 Å². The first-order chi connectivity index (χ1) is 6.56. The van der Waals surface area contributed by atoms with Gasteiger partial charge in [0.05, 0.1) is 10.6 Å². The summed E-state index contributed by atoms with van der Waals surface area (Å²) in [7, 11) is -3.07. The van der Waals surface area contributed by atoms with Crippen molar-refractivity contribution in [1.82, 2.24) is 0 Å². The van der Waals surface area contributed by atoms with Gasteiger partial charge in [0.15, 0.2) is 9.84 Å². The Bertz CT molecular complexity index is 368. The molecule has 0 aliphatic heterocycles. The zero-order valence-corrected chi connectivity index (χ0v) is 9.42. The molecule has 0 bridgehead atoms. The number of hydrogen-bond donors (Lipinski definition) is 0. The lowest BCUT2D eigenvalue weighted by Crippen LogP contribution is -2.13. The second-order valence-electron chi connectivity index (χ2n) is 3.61. The molecule has 0 fully saturated rings. The van der Waals surface area contributed by atoms with Gasteiger partial charge >= 0.3 is 0 Å². The van der Waals surface area contributed by atoms with Crippen LogP contribution in [-0.2, 0) is 9.84 Å².